The number of nitrogens with one attached hydrogen (secondary N) is 4. The average molecular weight is 595 g/mol. The van der Waals surface area contributed by atoms with Gasteiger partial charge in [-0.1, -0.05) is 32.4 Å². The van der Waals surface area contributed by atoms with E-state index in [1.165, 1.54) is 12.1 Å². The van der Waals surface area contributed by atoms with E-state index in [0.29, 0.717) is 12.0 Å². The number of aliphatic hydroxyl groups excluding tert-OH is 1. The summed E-state index contributed by atoms with van der Waals surface area (Å²) in [6, 6.07) is 1.36. The van der Waals surface area contributed by atoms with Crippen LogP contribution in [-0.4, -0.2) is 94.7 Å². The number of carbonyl (C=O) groups is 5. The molecule has 0 bridgehead atoms. The third-order valence-corrected chi connectivity index (χ3v) is 6.34. The second kappa shape index (κ2) is 18.1. The number of guanidine groups is 1. The maximum absolute atomic E-state index is 12.9. The molecule has 1 aromatic rings. The standard InChI is InChI=1S/C26H42N8O8/c1-3-14(2)21(34-22(38)17(27)11-15-6-8-16(36)9-7-15)24(40)31-12-20(37)32-19(13-35)23(39)33-18(25(41)42)5-4-10-30-26(28)29/h6-9,14,17-19,21,35-36H,3-5,10-13,27H2,1-2H3,(H,31,40)(H,32,37)(H,33,39)(H,34,38)(H,41,42)(H4,28,29,30)/t14?,17-,18-,19-,21-/m0/s1. The highest BCUT2D eigenvalue weighted by Gasteiger charge is 2.29. The van der Waals surface area contributed by atoms with Gasteiger partial charge in [0.15, 0.2) is 5.96 Å². The molecule has 0 aromatic heterocycles. The largest absolute Gasteiger partial charge is 0.508 e. The Hall–Kier alpha value is -4.44. The maximum Gasteiger partial charge on any atom is 0.326 e. The number of carboxylic acid groups (broad SMARTS) is 1. The molecule has 234 valence electrons. The first-order valence-electron chi connectivity index (χ1n) is 13.4. The predicted molar refractivity (Wildman–Crippen MR) is 153 cm³/mol. The Bertz CT molecular complexity index is 1090. The van der Waals surface area contributed by atoms with Crippen molar-refractivity contribution in [2.75, 3.05) is 19.7 Å². The summed E-state index contributed by atoms with van der Waals surface area (Å²) < 4.78 is 0. The zero-order valence-corrected chi connectivity index (χ0v) is 23.7. The van der Waals surface area contributed by atoms with Crippen molar-refractivity contribution in [1.29, 1.82) is 0 Å². The summed E-state index contributed by atoms with van der Waals surface area (Å²) >= 11 is 0. The Morgan fingerprint density at radius 2 is 1.60 bits per heavy atom. The van der Waals surface area contributed by atoms with Crippen molar-refractivity contribution in [1.82, 2.24) is 21.3 Å². The lowest BCUT2D eigenvalue weighted by molar-refractivity contribution is -0.142. The van der Waals surface area contributed by atoms with Gasteiger partial charge in [0.25, 0.3) is 0 Å². The van der Waals surface area contributed by atoms with Gasteiger partial charge in [-0.15, -0.1) is 0 Å². The van der Waals surface area contributed by atoms with Crippen LogP contribution in [0.5, 0.6) is 5.75 Å². The lowest BCUT2D eigenvalue weighted by Gasteiger charge is -2.25. The number of nitrogens with two attached hydrogens (primary N) is 3. The molecule has 1 aromatic carbocycles. The molecule has 0 aliphatic heterocycles. The van der Waals surface area contributed by atoms with Crippen LogP contribution in [0.2, 0.25) is 0 Å². The number of hydrogen-bond donors (Lipinski definition) is 10. The van der Waals surface area contributed by atoms with Crippen LogP contribution in [0.15, 0.2) is 29.3 Å². The van der Waals surface area contributed by atoms with Crippen LogP contribution >= 0.6 is 0 Å². The van der Waals surface area contributed by atoms with E-state index in [9.17, 15) is 39.3 Å². The van der Waals surface area contributed by atoms with E-state index in [2.05, 4.69) is 26.3 Å². The van der Waals surface area contributed by atoms with Crippen LogP contribution in [0.25, 0.3) is 0 Å². The first-order valence-corrected chi connectivity index (χ1v) is 13.4. The van der Waals surface area contributed by atoms with Gasteiger partial charge in [0.2, 0.25) is 23.6 Å². The predicted octanol–water partition coefficient (Wildman–Crippen LogP) is -2.99. The van der Waals surface area contributed by atoms with Crippen molar-refractivity contribution >= 4 is 35.6 Å². The molecule has 0 aliphatic carbocycles. The smallest absolute Gasteiger partial charge is 0.326 e. The van der Waals surface area contributed by atoms with Crippen molar-refractivity contribution in [2.45, 2.75) is 63.7 Å². The summed E-state index contributed by atoms with van der Waals surface area (Å²) in [5.74, 6) is -4.78. The fraction of sp³-hybridized carbons (Fsp3) is 0.538. The molecule has 16 heteroatoms. The number of benzene rings is 1. The van der Waals surface area contributed by atoms with Crippen molar-refractivity contribution < 1.29 is 39.3 Å². The zero-order valence-electron chi connectivity index (χ0n) is 23.7. The Morgan fingerprint density at radius 3 is 2.14 bits per heavy atom. The van der Waals surface area contributed by atoms with E-state index >= 15 is 0 Å². The molecule has 0 aliphatic rings. The fourth-order valence-electron chi connectivity index (χ4n) is 3.69. The van der Waals surface area contributed by atoms with Gasteiger partial charge in [-0.2, -0.15) is 0 Å². The molecule has 0 saturated carbocycles. The van der Waals surface area contributed by atoms with Crippen molar-refractivity contribution in [3.8, 4) is 5.75 Å². The number of carboxylic acids is 1. The van der Waals surface area contributed by atoms with Crippen LogP contribution in [0, 0.1) is 5.92 Å². The molecule has 1 unspecified atom stereocenters. The number of nitrogens with zero attached hydrogens (tertiary/aromatic N) is 1. The molecule has 0 spiro atoms. The molecule has 0 fully saturated rings. The summed E-state index contributed by atoms with van der Waals surface area (Å²) in [5.41, 5.74) is 17.2. The van der Waals surface area contributed by atoms with Crippen LogP contribution in [0.4, 0.5) is 0 Å². The number of aliphatic imine (C=N–C) groups is 1. The second-order valence-corrected chi connectivity index (χ2v) is 9.72. The third-order valence-electron chi connectivity index (χ3n) is 6.34. The van der Waals surface area contributed by atoms with Crippen molar-refractivity contribution in [2.24, 2.45) is 28.1 Å². The molecule has 16 nitrogen and oxygen atoms in total. The first-order chi connectivity index (χ1) is 19.8. The van der Waals surface area contributed by atoms with E-state index in [-0.39, 0.29) is 43.4 Å². The number of amides is 4. The van der Waals surface area contributed by atoms with Gasteiger partial charge in [0, 0.05) is 6.54 Å². The van der Waals surface area contributed by atoms with E-state index in [4.69, 9.17) is 17.2 Å². The molecule has 0 saturated heterocycles. The Labute approximate surface area is 243 Å². The summed E-state index contributed by atoms with van der Waals surface area (Å²) in [5, 5.41) is 37.8. The monoisotopic (exact) mass is 594 g/mol. The zero-order chi connectivity index (χ0) is 31.8. The number of aliphatic hydroxyl groups is 1. The van der Waals surface area contributed by atoms with E-state index in [1.807, 2.05) is 6.92 Å². The van der Waals surface area contributed by atoms with Crippen LogP contribution < -0.4 is 38.5 Å². The minimum atomic E-state index is -1.49. The van der Waals surface area contributed by atoms with Crippen LogP contribution in [-0.2, 0) is 30.4 Å². The third kappa shape index (κ3) is 12.8. The van der Waals surface area contributed by atoms with Crippen molar-refractivity contribution in [3.63, 3.8) is 0 Å². The number of carbonyl (C=O) groups excluding carboxylic acids is 4. The number of phenols is 1. The molecular weight excluding hydrogens is 552 g/mol. The number of hydrogen-bond acceptors (Lipinski definition) is 9. The fourth-order valence-corrected chi connectivity index (χ4v) is 3.69. The lowest BCUT2D eigenvalue weighted by atomic mass is 9.97. The molecule has 13 N–H and O–H groups in total. The number of rotatable bonds is 18. The minimum absolute atomic E-state index is 0.0126. The molecule has 42 heavy (non-hydrogen) atoms. The van der Waals surface area contributed by atoms with Gasteiger partial charge in [-0.25, -0.2) is 4.79 Å². The highest BCUT2D eigenvalue weighted by Crippen LogP contribution is 2.12. The summed E-state index contributed by atoms with van der Waals surface area (Å²) in [7, 11) is 0. The molecule has 0 heterocycles. The van der Waals surface area contributed by atoms with Crippen LogP contribution in [0.1, 0.15) is 38.7 Å². The molecule has 5 atom stereocenters. The SMILES string of the molecule is CCC(C)[C@H](NC(=O)[C@@H](N)Cc1ccc(O)cc1)C(=O)NCC(=O)N[C@@H](CO)C(=O)N[C@@H](CCCN=C(N)N)C(=O)O. The molecule has 1 rings (SSSR count). The molecule has 4 amide bonds. The molecular formula is C26H42N8O8. The van der Waals surface area contributed by atoms with Gasteiger partial charge >= 0.3 is 5.97 Å². The quantitative estimate of drug-likeness (QED) is 0.0464. The average Bonchev–Trinajstić information content (AvgIpc) is 2.94. The van der Waals surface area contributed by atoms with E-state index in [0.717, 1.165) is 0 Å². The summed E-state index contributed by atoms with van der Waals surface area (Å²) in [4.78, 5) is 65.8. The Balaban J connectivity index is 2.70. The van der Waals surface area contributed by atoms with Gasteiger partial charge in [0.1, 0.15) is 23.9 Å². The first kappa shape index (κ1) is 35.6. The highest BCUT2D eigenvalue weighted by atomic mass is 16.4. The van der Waals surface area contributed by atoms with Gasteiger partial charge < -0.3 is 53.8 Å². The minimum Gasteiger partial charge on any atom is -0.508 e. The summed E-state index contributed by atoms with van der Waals surface area (Å²) in [6.07, 6.45) is 0.905. The number of phenolic OH excluding ortho intramolecular Hbond substituents is 1. The molecule has 0 radical (unpaired) electrons. The van der Waals surface area contributed by atoms with Gasteiger partial charge in [-0.3, -0.25) is 24.2 Å². The Morgan fingerprint density at radius 1 is 0.952 bits per heavy atom. The van der Waals surface area contributed by atoms with Gasteiger partial charge in [0.05, 0.1) is 19.2 Å². The maximum atomic E-state index is 12.9. The second-order valence-electron chi connectivity index (χ2n) is 9.72. The lowest BCUT2D eigenvalue weighted by Crippen LogP contribution is -2.57. The number of aliphatic carboxylic acids is 1. The van der Waals surface area contributed by atoms with E-state index < -0.39 is 66.9 Å². The van der Waals surface area contributed by atoms with Crippen molar-refractivity contribution in [3.05, 3.63) is 29.8 Å². The topological polar surface area (TPSA) is 285 Å². The highest BCUT2D eigenvalue weighted by molar-refractivity contribution is 5.94. The Kier molecular flexibility index (Phi) is 15.3. The van der Waals surface area contributed by atoms with E-state index in [1.54, 1.807) is 19.1 Å². The number of aromatic hydroxyl groups is 1. The summed E-state index contributed by atoms with van der Waals surface area (Å²) in [6.45, 7) is 2.26. The normalized spacial score (nSPS) is 14.3. The van der Waals surface area contributed by atoms with Crippen LogP contribution in [0.3, 0.4) is 0 Å². The van der Waals surface area contributed by atoms with Gasteiger partial charge in [-0.05, 0) is 42.9 Å².